The summed E-state index contributed by atoms with van der Waals surface area (Å²) in [7, 11) is 1.38. The minimum atomic E-state index is -0.666. The number of non-ortho nitro benzene ring substituents is 1. The zero-order valence-electron chi connectivity index (χ0n) is 16.9. The fourth-order valence-electron chi connectivity index (χ4n) is 3.20. The van der Waals surface area contributed by atoms with Crippen LogP contribution in [0.25, 0.3) is 17.4 Å². The van der Waals surface area contributed by atoms with Gasteiger partial charge in [-0.05, 0) is 60.8 Å². The number of ether oxygens (including phenoxy) is 1. The van der Waals surface area contributed by atoms with Crippen molar-refractivity contribution < 1.29 is 23.7 Å². The van der Waals surface area contributed by atoms with E-state index in [0.29, 0.717) is 22.0 Å². The van der Waals surface area contributed by atoms with Gasteiger partial charge in [-0.2, -0.15) is 0 Å². The summed E-state index contributed by atoms with van der Waals surface area (Å²) >= 11 is 11.1. The molecule has 9 nitrogen and oxygen atoms in total. The van der Waals surface area contributed by atoms with Gasteiger partial charge in [-0.15, -0.1) is 0 Å². The number of nitrogens with zero attached hydrogens (tertiary/aromatic N) is 2. The summed E-state index contributed by atoms with van der Waals surface area (Å²) in [6.07, 6.45) is 1.30. The lowest BCUT2D eigenvalue weighted by Gasteiger charge is -2.28. The van der Waals surface area contributed by atoms with Crippen molar-refractivity contribution in [1.29, 1.82) is 0 Å². The predicted octanol–water partition coefficient (Wildman–Crippen LogP) is 4.35. The second kappa shape index (κ2) is 8.85. The number of nitrogens with one attached hydrogen (secondary N) is 1. The molecular formula is C22H14ClN3O6S. The molecule has 0 radical (unpaired) electrons. The van der Waals surface area contributed by atoms with Crippen LogP contribution in [-0.4, -0.2) is 29.0 Å². The van der Waals surface area contributed by atoms with Gasteiger partial charge in [0.05, 0.1) is 29.4 Å². The van der Waals surface area contributed by atoms with Crippen LogP contribution in [0.3, 0.4) is 0 Å². The molecule has 1 saturated heterocycles. The normalized spacial score (nSPS) is 15.0. The van der Waals surface area contributed by atoms with E-state index in [1.165, 1.54) is 36.3 Å². The lowest BCUT2D eigenvalue weighted by atomic mass is 10.1. The molecule has 2 aromatic carbocycles. The van der Waals surface area contributed by atoms with Crippen molar-refractivity contribution in [2.24, 2.45) is 0 Å². The second-order valence-electron chi connectivity index (χ2n) is 6.78. The zero-order valence-corrected chi connectivity index (χ0v) is 18.5. The maximum absolute atomic E-state index is 13.1. The van der Waals surface area contributed by atoms with E-state index in [9.17, 15) is 19.7 Å². The van der Waals surface area contributed by atoms with Crippen LogP contribution in [-0.2, 0) is 9.59 Å². The van der Waals surface area contributed by atoms with E-state index in [-0.39, 0.29) is 27.9 Å². The number of thiocarbonyl (C=S) groups is 1. The Morgan fingerprint density at radius 3 is 2.55 bits per heavy atom. The number of amides is 2. The summed E-state index contributed by atoms with van der Waals surface area (Å²) in [5.74, 6) is -0.503. The van der Waals surface area contributed by atoms with Crippen molar-refractivity contribution in [2.45, 2.75) is 0 Å². The number of carbonyl (C=O) groups is 2. The summed E-state index contributed by atoms with van der Waals surface area (Å²) in [6.45, 7) is 0. The van der Waals surface area contributed by atoms with Gasteiger partial charge in [-0.25, -0.2) is 0 Å². The number of furan rings is 1. The van der Waals surface area contributed by atoms with E-state index < -0.39 is 16.7 Å². The van der Waals surface area contributed by atoms with Crippen LogP contribution in [0.2, 0.25) is 5.02 Å². The van der Waals surface area contributed by atoms with Crippen LogP contribution >= 0.6 is 23.8 Å². The molecule has 0 spiro atoms. The fourth-order valence-corrected chi connectivity index (χ4v) is 3.60. The largest absolute Gasteiger partial charge is 0.496 e. The topological polar surface area (TPSA) is 115 Å². The monoisotopic (exact) mass is 483 g/mol. The van der Waals surface area contributed by atoms with Crippen LogP contribution in [0.15, 0.2) is 64.6 Å². The van der Waals surface area contributed by atoms with Crippen molar-refractivity contribution in [3.8, 4) is 17.1 Å². The van der Waals surface area contributed by atoms with E-state index in [4.69, 9.17) is 33.0 Å². The molecule has 1 aliphatic rings. The van der Waals surface area contributed by atoms with E-state index in [1.807, 2.05) is 0 Å². The number of methoxy groups -OCH3 is 1. The van der Waals surface area contributed by atoms with Crippen molar-refractivity contribution in [2.75, 3.05) is 12.0 Å². The summed E-state index contributed by atoms with van der Waals surface area (Å²) in [4.78, 5) is 37.2. The standard InChI is InChI=1S/C22H14ClN3O6S/c1-31-19-10-14(26(29)30)6-8-16(19)18-9-7-15(32-18)11-17-20(27)24-22(33)25(21(17)28)13-4-2-12(23)3-5-13/h2-11H,1H3,(H,24,27,33)/b17-11-. The molecular weight excluding hydrogens is 470 g/mol. The molecule has 0 saturated carbocycles. The van der Waals surface area contributed by atoms with Crippen molar-refractivity contribution in [1.82, 2.24) is 5.32 Å². The molecule has 0 aliphatic carbocycles. The Morgan fingerprint density at radius 1 is 1.15 bits per heavy atom. The SMILES string of the molecule is COc1cc([N+](=O)[O-])ccc1-c1ccc(/C=C2/C(=O)NC(=S)N(c3ccc(Cl)cc3)C2=O)o1. The van der Waals surface area contributed by atoms with Crippen molar-refractivity contribution >= 4 is 58.2 Å². The third kappa shape index (κ3) is 4.34. The van der Waals surface area contributed by atoms with Crippen LogP contribution < -0.4 is 15.0 Å². The Morgan fingerprint density at radius 2 is 1.88 bits per heavy atom. The third-order valence-corrected chi connectivity index (χ3v) is 5.30. The maximum Gasteiger partial charge on any atom is 0.273 e. The number of hydrogen-bond donors (Lipinski definition) is 1. The highest BCUT2D eigenvalue weighted by Gasteiger charge is 2.34. The quantitative estimate of drug-likeness (QED) is 0.188. The Labute approximate surface area is 197 Å². The van der Waals surface area contributed by atoms with Gasteiger partial charge >= 0.3 is 0 Å². The first-order chi connectivity index (χ1) is 15.8. The smallest absolute Gasteiger partial charge is 0.273 e. The number of rotatable bonds is 5. The number of halogens is 1. The van der Waals surface area contributed by atoms with E-state index in [2.05, 4.69) is 5.32 Å². The summed E-state index contributed by atoms with van der Waals surface area (Å²) in [5, 5.41) is 13.9. The molecule has 3 aromatic rings. The molecule has 166 valence electrons. The molecule has 4 rings (SSSR count). The average Bonchev–Trinajstić information content (AvgIpc) is 3.25. The first-order valence-corrected chi connectivity index (χ1v) is 10.2. The van der Waals surface area contributed by atoms with Crippen molar-refractivity contribution in [3.05, 3.63) is 81.1 Å². The number of nitro groups is 1. The van der Waals surface area contributed by atoms with E-state index >= 15 is 0 Å². The van der Waals surface area contributed by atoms with Crippen molar-refractivity contribution in [3.63, 3.8) is 0 Å². The maximum atomic E-state index is 13.1. The van der Waals surface area contributed by atoms with Crippen LogP contribution in [0.1, 0.15) is 5.76 Å². The van der Waals surface area contributed by atoms with Gasteiger partial charge in [-0.3, -0.25) is 29.9 Å². The second-order valence-corrected chi connectivity index (χ2v) is 7.60. The number of carbonyl (C=O) groups excluding carboxylic acids is 2. The van der Waals surface area contributed by atoms with Gasteiger partial charge in [0.25, 0.3) is 17.5 Å². The summed E-state index contributed by atoms with van der Waals surface area (Å²) in [5.41, 5.74) is 0.592. The fraction of sp³-hybridized carbons (Fsp3) is 0.0455. The van der Waals surface area contributed by atoms with E-state index in [0.717, 1.165) is 0 Å². The minimum absolute atomic E-state index is 0.0553. The highest BCUT2D eigenvalue weighted by molar-refractivity contribution is 7.80. The molecule has 1 aromatic heterocycles. The van der Waals surface area contributed by atoms with Gasteiger partial charge in [-0.1, -0.05) is 11.6 Å². The number of benzene rings is 2. The number of hydrogen-bond acceptors (Lipinski definition) is 7. The zero-order chi connectivity index (χ0) is 23.7. The van der Waals surface area contributed by atoms with Gasteiger partial charge in [0, 0.05) is 11.1 Å². The van der Waals surface area contributed by atoms with Gasteiger partial charge in [0.2, 0.25) is 0 Å². The molecule has 2 amide bonds. The van der Waals surface area contributed by atoms with E-state index in [1.54, 1.807) is 36.4 Å². The average molecular weight is 484 g/mol. The molecule has 2 heterocycles. The van der Waals surface area contributed by atoms with Crippen LogP contribution in [0.5, 0.6) is 5.75 Å². The molecule has 33 heavy (non-hydrogen) atoms. The lowest BCUT2D eigenvalue weighted by Crippen LogP contribution is -2.54. The molecule has 11 heteroatoms. The molecule has 0 unspecified atom stereocenters. The minimum Gasteiger partial charge on any atom is -0.496 e. The van der Waals surface area contributed by atoms with Gasteiger partial charge in [0.1, 0.15) is 22.8 Å². The summed E-state index contributed by atoms with van der Waals surface area (Å²) < 4.78 is 11.0. The highest BCUT2D eigenvalue weighted by atomic mass is 35.5. The van der Waals surface area contributed by atoms with Gasteiger partial charge < -0.3 is 9.15 Å². The predicted molar refractivity (Wildman–Crippen MR) is 125 cm³/mol. The molecule has 1 aliphatic heterocycles. The first kappa shape index (κ1) is 22.2. The van der Waals surface area contributed by atoms with Gasteiger partial charge in [0.15, 0.2) is 5.11 Å². The highest BCUT2D eigenvalue weighted by Crippen LogP contribution is 2.35. The molecule has 0 atom stereocenters. The van der Waals surface area contributed by atoms with Crippen LogP contribution in [0, 0.1) is 10.1 Å². The Balaban J connectivity index is 1.67. The lowest BCUT2D eigenvalue weighted by molar-refractivity contribution is -0.384. The first-order valence-electron chi connectivity index (χ1n) is 9.38. The molecule has 1 fully saturated rings. The number of anilines is 1. The Kier molecular flexibility index (Phi) is 5.95. The molecule has 1 N–H and O–H groups in total. The number of nitro benzene ring substituents is 1. The molecule has 0 bridgehead atoms. The Bertz CT molecular complexity index is 1330. The van der Waals surface area contributed by atoms with Crippen LogP contribution in [0.4, 0.5) is 11.4 Å². The third-order valence-electron chi connectivity index (χ3n) is 4.76. The summed E-state index contributed by atoms with van der Waals surface area (Å²) in [6, 6.07) is 13.7. The Hall–Kier alpha value is -4.02.